The summed E-state index contributed by atoms with van der Waals surface area (Å²) in [5, 5.41) is 4.21. The highest BCUT2D eigenvalue weighted by atomic mass is 16.2. The van der Waals surface area contributed by atoms with E-state index in [1.165, 1.54) is 0 Å². The van der Waals surface area contributed by atoms with E-state index in [0.717, 1.165) is 23.2 Å². The first-order valence-electron chi connectivity index (χ1n) is 7.00. The van der Waals surface area contributed by atoms with Crippen LogP contribution in [0, 0.1) is 13.8 Å². The number of rotatable bonds is 3. The second-order valence-corrected chi connectivity index (χ2v) is 5.40. The summed E-state index contributed by atoms with van der Waals surface area (Å²) in [6.07, 6.45) is 3.64. The lowest BCUT2D eigenvalue weighted by atomic mass is 10.0. The molecule has 0 N–H and O–H groups in total. The van der Waals surface area contributed by atoms with Crippen molar-refractivity contribution in [3.05, 3.63) is 46.8 Å². The van der Waals surface area contributed by atoms with Gasteiger partial charge in [-0.1, -0.05) is 6.07 Å². The average Bonchev–Trinajstić information content (AvgIpc) is 2.98. The van der Waals surface area contributed by atoms with E-state index in [2.05, 4.69) is 5.10 Å². The largest absolute Gasteiger partial charge is 0.300 e. The Morgan fingerprint density at radius 1 is 1.19 bits per heavy atom. The number of nitrogens with zero attached hydrogens (tertiary/aromatic N) is 3. The van der Waals surface area contributed by atoms with Crippen LogP contribution in [-0.4, -0.2) is 21.5 Å². The summed E-state index contributed by atoms with van der Waals surface area (Å²) in [4.78, 5) is 26.0. The van der Waals surface area contributed by atoms with Crippen LogP contribution in [-0.2, 0) is 17.9 Å². The highest BCUT2D eigenvalue weighted by Crippen LogP contribution is 2.33. The summed E-state index contributed by atoms with van der Waals surface area (Å²) >= 11 is 0. The minimum absolute atomic E-state index is 0.375. The van der Waals surface area contributed by atoms with Gasteiger partial charge in [0.2, 0.25) is 0 Å². The van der Waals surface area contributed by atoms with E-state index in [4.69, 9.17) is 0 Å². The van der Waals surface area contributed by atoms with E-state index in [0.29, 0.717) is 17.8 Å². The first-order chi connectivity index (χ1) is 10.0. The van der Waals surface area contributed by atoms with Gasteiger partial charge < -0.3 is 4.90 Å². The summed E-state index contributed by atoms with van der Waals surface area (Å²) in [6, 6.07) is 3.83. The molecule has 5 heteroatoms. The molecular weight excluding hydrogens is 266 g/mol. The van der Waals surface area contributed by atoms with E-state index in [1.54, 1.807) is 15.8 Å². The first kappa shape index (κ1) is 13.5. The standard InChI is InChI=1S/C16H17N3O2/c1-4-18-8-12(7-17-18)9-19-13-6-10(2)5-11(3)14(13)15(20)16(19)21/h5-8H,4,9H2,1-3H3. The monoisotopic (exact) mass is 283 g/mol. The highest BCUT2D eigenvalue weighted by Gasteiger charge is 2.37. The van der Waals surface area contributed by atoms with Crippen molar-refractivity contribution >= 4 is 17.4 Å². The van der Waals surface area contributed by atoms with Gasteiger partial charge in [-0.2, -0.15) is 5.10 Å². The molecule has 108 valence electrons. The van der Waals surface area contributed by atoms with Crippen LogP contribution in [0.15, 0.2) is 24.5 Å². The van der Waals surface area contributed by atoms with Gasteiger partial charge in [0, 0.05) is 18.3 Å². The fourth-order valence-corrected chi connectivity index (χ4v) is 2.79. The molecule has 21 heavy (non-hydrogen) atoms. The molecule has 0 radical (unpaired) electrons. The van der Waals surface area contributed by atoms with Crippen molar-refractivity contribution in [1.82, 2.24) is 9.78 Å². The Morgan fingerprint density at radius 3 is 2.62 bits per heavy atom. The van der Waals surface area contributed by atoms with Gasteiger partial charge in [0.1, 0.15) is 0 Å². The number of fused-ring (bicyclic) bond motifs is 1. The summed E-state index contributed by atoms with van der Waals surface area (Å²) in [5.74, 6) is -0.867. The van der Waals surface area contributed by atoms with Gasteiger partial charge in [-0.15, -0.1) is 0 Å². The van der Waals surface area contributed by atoms with Crippen molar-refractivity contribution in [1.29, 1.82) is 0 Å². The average molecular weight is 283 g/mol. The lowest BCUT2D eigenvalue weighted by Crippen LogP contribution is -2.29. The van der Waals surface area contributed by atoms with Crippen LogP contribution in [0.3, 0.4) is 0 Å². The minimum Gasteiger partial charge on any atom is -0.300 e. The molecule has 0 atom stereocenters. The van der Waals surface area contributed by atoms with E-state index in [-0.39, 0.29) is 0 Å². The smallest absolute Gasteiger partial charge is 0.299 e. The molecule has 0 spiro atoms. The van der Waals surface area contributed by atoms with Crippen molar-refractivity contribution in [2.24, 2.45) is 0 Å². The van der Waals surface area contributed by atoms with Gasteiger partial charge in [-0.3, -0.25) is 14.3 Å². The molecule has 0 fully saturated rings. The van der Waals surface area contributed by atoms with Gasteiger partial charge in [0.15, 0.2) is 0 Å². The molecule has 1 aliphatic rings. The van der Waals surface area contributed by atoms with Gasteiger partial charge in [-0.25, -0.2) is 0 Å². The van der Waals surface area contributed by atoms with Crippen molar-refractivity contribution in [2.75, 3.05) is 4.90 Å². The Bertz CT molecular complexity index is 746. The maximum absolute atomic E-state index is 12.3. The second kappa shape index (κ2) is 4.84. The fraction of sp³-hybridized carbons (Fsp3) is 0.312. The second-order valence-electron chi connectivity index (χ2n) is 5.40. The number of Topliss-reactive ketones (excluding diaryl/α,β-unsaturated/α-hetero) is 1. The Balaban J connectivity index is 2.01. The molecule has 0 aliphatic carbocycles. The van der Waals surface area contributed by atoms with Crippen LogP contribution in [0.5, 0.6) is 0 Å². The predicted octanol–water partition coefficient (Wildman–Crippen LogP) is 2.25. The Morgan fingerprint density at radius 2 is 1.95 bits per heavy atom. The predicted molar refractivity (Wildman–Crippen MR) is 79.3 cm³/mol. The van der Waals surface area contributed by atoms with Crippen molar-refractivity contribution in [3.8, 4) is 0 Å². The molecule has 1 aromatic carbocycles. The van der Waals surface area contributed by atoms with Crippen LogP contribution >= 0.6 is 0 Å². The summed E-state index contributed by atoms with van der Waals surface area (Å²) in [6.45, 7) is 6.99. The summed E-state index contributed by atoms with van der Waals surface area (Å²) in [7, 11) is 0. The number of aryl methyl sites for hydroxylation is 3. The van der Waals surface area contributed by atoms with Crippen LogP contribution in [0.1, 0.15) is 34.0 Å². The van der Waals surface area contributed by atoms with Crippen molar-refractivity contribution < 1.29 is 9.59 Å². The molecule has 0 unspecified atom stereocenters. The zero-order chi connectivity index (χ0) is 15.1. The summed E-state index contributed by atoms with van der Waals surface area (Å²) < 4.78 is 1.81. The number of carbonyl (C=O) groups is 2. The number of amides is 1. The normalized spacial score (nSPS) is 14.0. The summed E-state index contributed by atoms with van der Waals surface area (Å²) in [5.41, 5.74) is 4.07. The van der Waals surface area contributed by atoms with E-state index in [1.807, 2.05) is 39.1 Å². The maximum atomic E-state index is 12.3. The van der Waals surface area contributed by atoms with E-state index in [9.17, 15) is 9.59 Å². The van der Waals surface area contributed by atoms with Gasteiger partial charge >= 0.3 is 0 Å². The number of hydrogen-bond donors (Lipinski definition) is 0. The fourth-order valence-electron chi connectivity index (χ4n) is 2.79. The minimum atomic E-state index is -0.456. The van der Waals surface area contributed by atoms with Crippen LogP contribution in [0.2, 0.25) is 0 Å². The maximum Gasteiger partial charge on any atom is 0.299 e. The number of aromatic nitrogens is 2. The molecular formula is C16H17N3O2. The van der Waals surface area contributed by atoms with Crippen molar-refractivity contribution in [3.63, 3.8) is 0 Å². The van der Waals surface area contributed by atoms with Crippen LogP contribution in [0.4, 0.5) is 5.69 Å². The molecule has 1 aromatic heterocycles. The molecule has 0 saturated carbocycles. The zero-order valence-corrected chi connectivity index (χ0v) is 12.4. The molecule has 0 saturated heterocycles. The molecule has 0 bridgehead atoms. The lowest BCUT2D eigenvalue weighted by molar-refractivity contribution is -0.114. The lowest BCUT2D eigenvalue weighted by Gasteiger charge is -2.16. The van der Waals surface area contributed by atoms with E-state index < -0.39 is 11.7 Å². The Kier molecular flexibility index (Phi) is 3.12. The number of benzene rings is 1. The molecule has 2 heterocycles. The van der Waals surface area contributed by atoms with Crippen molar-refractivity contribution in [2.45, 2.75) is 33.9 Å². The Labute approximate surface area is 123 Å². The topological polar surface area (TPSA) is 55.2 Å². The molecule has 5 nitrogen and oxygen atoms in total. The van der Waals surface area contributed by atoms with Gasteiger partial charge in [0.05, 0.1) is 24.0 Å². The molecule has 1 amide bonds. The number of anilines is 1. The number of ketones is 1. The quantitative estimate of drug-likeness (QED) is 0.812. The molecule has 2 aromatic rings. The van der Waals surface area contributed by atoms with Gasteiger partial charge in [0.25, 0.3) is 11.7 Å². The third-order valence-electron chi connectivity index (χ3n) is 3.77. The first-order valence-corrected chi connectivity index (χ1v) is 7.00. The van der Waals surface area contributed by atoms with Crippen LogP contribution in [0.25, 0.3) is 0 Å². The molecule has 1 aliphatic heterocycles. The van der Waals surface area contributed by atoms with E-state index >= 15 is 0 Å². The number of carbonyl (C=O) groups excluding carboxylic acids is 2. The Hall–Kier alpha value is -2.43. The van der Waals surface area contributed by atoms with Gasteiger partial charge in [-0.05, 0) is 38.0 Å². The molecule has 3 rings (SSSR count). The highest BCUT2D eigenvalue weighted by molar-refractivity contribution is 6.52. The van der Waals surface area contributed by atoms with Crippen LogP contribution < -0.4 is 4.90 Å². The zero-order valence-electron chi connectivity index (χ0n) is 12.4. The third-order valence-corrected chi connectivity index (χ3v) is 3.77. The SMILES string of the molecule is CCn1cc(CN2C(=O)C(=O)c3c(C)cc(C)cc32)cn1. The third kappa shape index (κ3) is 2.14. The number of hydrogen-bond acceptors (Lipinski definition) is 3.